The highest BCUT2D eigenvalue weighted by Gasteiger charge is 2.34. The van der Waals surface area contributed by atoms with Gasteiger partial charge in [0.2, 0.25) is 0 Å². The van der Waals surface area contributed by atoms with Gasteiger partial charge in [0.25, 0.3) is 5.91 Å². The fourth-order valence-electron chi connectivity index (χ4n) is 3.07. The van der Waals surface area contributed by atoms with E-state index >= 15 is 0 Å². The highest BCUT2D eigenvalue weighted by molar-refractivity contribution is 5.84. The Morgan fingerprint density at radius 2 is 2.00 bits per heavy atom. The van der Waals surface area contributed by atoms with E-state index in [2.05, 4.69) is 0 Å². The summed E-state index contributed by atoms with van der Waals surface area (Å²) in [6.45, 7) is 4.86. The highest BCUT2D eigenvalue weighted by Crippen LogP contribution is 2.25. The molecule has 0 N–H and O–H groups in total. The number of hydrogen-bond donors (Lipinski definition) is 0. The molecular weight excluding hydrogens is 300 g/mol. The minimum atomic E-state index is -0.834. The van der Waals surface area contributed by atoms with Crippen LogP contribution >= 0.6 is 0 Å². The van der Waals surface area contributed by atoms with E-state index in [1.807, 2.05) is 4.90 Å². The van der Waals surface area contributed by atoms with Crippen molar-refractivity contribution in [2.24, 2.45) is 5.92 Å². The van der Waals surface area contributed by atoms with Gasteiger partial charge in [0, 0.05) is 25.8 Å². The molecule has 1 atom stereocenters. The van der Waals surface area contributed by atoms with Crippen molar-refractivity contribution >= 4 is 5.91 Å². The molecule has 0 spiro atoms. The summed E-state index contributed by atoms with van der Waals surface area (Å²) in [6.07, 6.45) is 2.93. The average molecular weight is 325 g/mol. The smallest absolute Gasteiger partial charge is 0.254 e. The summed E-state index contributed by atoms with van der Waals surface area (Å²) in [7, 11) is 1.53. The van der Waals surface area contributed by atoms with Crippen LogP contribution in [-0.2, 0) is 16.0 Å². The summed E-state index contributed by atoms with van der Waals surface area (Å²) < 4.78 is 32.6. The number of ether oxygens (including phenoxy) is 1. The molecule has 0 bridgehead atoms. The quantitative estimate of drug-likeness (QED) is 0.828. The van der Waals surface area contributed by atoms with Gasteiger partial charge in [-0.05, 0) is 57.6 Å². The molecule has 1 amide bonds. The minimum absolute atomic E-state index is 0.0261. The molecule has 1 aliphatic rings. The number of likely N-dealkylation sites (tertiary alicyclic amines) is 1. The molecule has 1 aliphatic heterocycles. The van der Waals surface area contributed by atoms with Gasteiger partial charge in [0.05, 0.1) is 0 Å². The van der Waals surface area contributed by atoms with Crippen molar-refractivity contribution in [2.45, 2.75) is 45.1 Å². The summed E-state index contributed by atoms with van der Waals surface area (Å²) in [5.41, 5.74) is -0.687. The van der Waals surface area contributed by atoms with Crippen LogP contribution in [0.2, 0.25) is 0 Å². The SMILES string of the molecule is COC(C)(C)C(=O)N1CCC[C@H](CCc2c(F)cccc2F)C1. The monoisotopic (exact) mass is 325 g/mol. The first-order chi connectivity index (χ1) is 10.8. The van der Waals surface area contributed by atoms with Crippen LogP contribution in [0.1, 0.15) is 38.7 Å². The third kappa shape index (κ3) is 4.28. The molecule has 0 saturated carbocycles. The zero-order chi connectivity index (χ0) is 17.0. The van der Waals surface area contributed by atoms with Crippen LogP contribution in [0.3, 0.4) is 0 Å². The Morgan fingerprint density at radius 3 is 2.61 bits per heavy atom. The molecule has 0 radical (unpaired) electrons. The van der Waals surface area contributed by atoms with E-state index in [1.165, 1.54) is 25.3 Å². The van der Waals surface area contributed by atoms with Crippen LogP contribution in [0.15, 0.2) is 18.2 Å². The maximum Gasteiger partial charge on any atom is 0.254 e. The van der Waals surface area contributed by atoms with Gasteiger partial charge >= 0.3 is 0 Å². The van der Waals surface area contributed by atoms with E-state index in [0.717, 1.165) is 19.4 Å². The molecule has 1 aromatic rings. The summed E-state index contributed by atoms with van der Waals surface area (Å²) >= 11 is 0. The van der Waals surface area contributed by atoms with Gasteiger partial charge in [-0.1, -0.05) is 6.07 Å². The average Bonchev–Trinajstić information content (AvgIpc) is 2.54. The van der Waals surface area contributed by atoms with Gasteiger partial charge < -0.3 is 9.64 Å². The Kier molecular flexibility index (Phi) is 5.74. The molecule has 23 heavy (non-hydrogen) atoms. The van der Waals surface area contributed by atoms with E-state index in [0.29, 0.717) is 19.4 Å². The van der Waals surface area contributed by atoms with Crippen molar-refractivity contribution in [1.82, 2.24) is 4.90 Å². The van der Waals surface area contributed by atoms with Gasteiger partial charge in [-0.25, -0.2) is 8.78 Å². The Labute approximate surface area is 136 Å². The Bertz CT molecular complexity index is 540. The summed E-state index contributed by atoms with van der Waals surface area (Å²) in [6, 6.07) is 3.95. The standard InChI is InChI=1S/C18H25F2NO2/c1-18(2,23-3)17(22)21-11-5-6-13(12-21)9-10-14-15(19)7-4-8-16(14)20/h4,7-8,13H,5-6,9-12H2,1-3H3/t13-/m1/s1. The van der Waals surface area contributed by atoms with Crippen LogP contribution in [0, 0.1) is 17.6 Å². The van der Waals surface area contributed by atoms with Gasteiger partial charge in [0.1, 0.15) is 17.2 Å². The van der Waals surface area contributed by atoms with Gasteiger partial charge in [-0.2, -0.15) is 0 Å². The molecular formula is C18H25F2NO2. The third-order valence-corrected chi connectivity index (χ3v) is 4.70. The fraction of sp³-hybridized carbons (Fsp3) is 0.611. The van der Waals surface area contributed by atoms with E-state index in [-0.39, 0.29) is 17.4 Å². The first kappa shape index (κ1) is 17.9. The molecule has 5 heteroatoms. The molecule has 0 aromatic heterocycles. The first-order valence-corrected chi connectivity index (χ1v) is 8.12. The number of amides is 1. The lowest BCUT2D eigenvalue weighted by Crippen LogP contribution is -2.50. The van der Waals surface area contributed by atoms with Crippen LogP contribution < -0.4 is 0 Å². The van der Waals surface area contributed by atoms with Crippen LogP contribution in [0.4, 0.5) is 8.78 Å². The Balaban J connectivity index is 1.96. The fourth-order valence-corrected chi connectivity index (χ4v) is 3.07. The van der Waals surface area contributed by atoms with Crippen molar-refractivity contribution in [3.63, 3.8) is 0 Å². The zero-order valence-corrected chi connectivity index (χ0v) is 14.1. The van der Waals surface area contributed by atoms with Crippen LogP contribution in [0.5, 0.6) is 0 Å². The topological polar surface area (TPSA) is 29.5 Å². The van der Waals surface area contributed by atoms with Gasteiger partial charge in [0.15, 0.2) is 0 Å². The lowest BCUT2D eigenvalue weighted by atomic mass is 9.90. The largest absolute Gasteiger partial charge is 0.369 e. The molecule has 2 rings (SSSR count). The number of carbonyl (C=O) groups excluding carboxylic acids is 1. The molecule has 3 nitrogen and oxygen atoms in total. The van der Waals surface area contributed by atoms with Crippen LogP contribution in [0.25, 0.3) is 0 Å². The molecule has 0 aliphatic carbocycles. The maximum absolute atomic E-state index is 13.7. The molecule has 1 aromatic carbocycles. The minimum Gasteiger partial charge on any atom is -0.369 e. The van der Waals surface area contributed by atoms with Crippen molar-refractivity contribution in [3.8, 4) is 0 Å². The second-order valence-corrected chi connectivity index (χ2v) is 6.71. The summed E-state index contributed by atoms with van der Waals surface area (Å²) in [5, 5.41) is 0. The lowest BCUT2D eigenvalue weighted by Gasteiger charge is -2.37. The van der Waals surface area contributed by atoms with Crippen molar-refractivity contribution in [2.75, 3.05) is 20.2 Å². The predicted molar refractivity (Wildman–Crippen MR) is 85.1 cm³/mol. The maximum atomic E-state index is 13.7. The van der Waals surface area contributed by atoms with Crippen molar-refractivity contribution in [1.29, 1.82) is 0 Å². The Hall–Kier alpha value is -1.49. The third-order valence-electron chi connectivity index (χ3n) is 4.70. The van der Waals surface area contributed by atoms with E-state index in [1.54, 1.807) is 13.8 Å². The second-order valence-electron chi connectivity index (χ2n) is 6.71. The van der Waals surface area contributed by atoms with E-state index < -0.39 is 17.2 Å². The normalized spacial score (nSPS) is 19.0. The zero-order valence-electron chi connectivity index (χ0n) is 14.1. The number of hydrogen-bond acceptors (Lipinski definition) is 2. The van der Waals surface area contributed by atoms with Gasteiger partial charge in [-0.3, -0.25) is 4.79 Å². The van der Waals surface area contributed by atoms with Crippen molar-refractivity contribution < 1.29 is 18.3 Å². The predicted octanol–water partition coefficient (Wildman–Crippen LogP) is 3.56. The number of halogens is 2. The van der Waals surface area contributed by atoms with E-state index in [4.69, 9.17) is 4.74 Å². The number of rotatable bonds is 5. The number of nitrogens with zero attached hydrogens (tertiary/aromatic N) is 1. The molecule has 1 fully saturated rings. The van der Waals surface area contributed by atoms with Crippen LogP contribution in [-0.4, -0.2) is 36.6 Å². The second kappa shape index (κ2) is 7.39. The lowest BCUT2D eigenvalue weighted by molar-refractivity contribution is -0.152. The number of carbonyl (C=O) groups is 1. The molecule has 1 saturated heterocycles. The van der Waals surface area contributed by atoms with Gasteiger partial charge in [-0.15, -0.1) is 0 Å². The van der Waals surface area contributed by atoms with Crippen molar-refractivity contribution in [3.05, 3.63) is 35.4 Å². The molecule has 128 valence electrons. The number of benzene rings is 1. The summed E-state index contributed by atoms with van der Waals surface area (Å²) in [4.78, 5) is 14.3. The van der Waals surface area contributed by atoms with E-state index in [9.17, 15) is 13.6 Å². The number of methoxy groups -OCH3 is 1. The Morgan fingerprint density at radius 1 is 1.35 bits per heavy atom. The highest BCUT2D eigenvalue weighted by atomic mass is 19.1. The molecule has 0 unspecified atom stereocenters. The number of piperidine rings is 1. The summed E-state index contributed by atoms with van der Waals surface area (Å²) in [5.74, 6) is -0.746. The first-order valence-electron chi connectivity index (χ1n) is 8.12. The molecule has 1 heterocycles.